The Bertz CT molecular complexity index is 620. The molecule has 2 aromatic rings. The van der Waals surface area contributed by atoms with Gasteiger partial charge in [0.25, 0.3) is 0 Å². The second kappa shape index (κ2) is 5.98. The number of hydrogen-bond donors (Lipinski definition) is 1. The Kier molecular flexibility index (Phi) is 4.54. The summed E-state index contributed by atoms with van der Waals surface area (Å²) in [7, 11) is 0. The summed E-state index contributed by atoms with van der Waals surface area (Å²) >= 11 is 6.42. The molecule has 0 fully saturated rings. The van der Waals surface area contributed by atoms with Gasteiger partial charge in [-0.3, -0.25) is 0 Å². The van der Waals surface area contributed by atoms with Crippen LogP contribution >= 0.6 is 31.9 Å². The molecular weight excluding hydrogens is 384 g/mol. The van der Waals surface area contributed by atoms with Crippen LogP contribution < -0.4 is 10.5 Å². The first-order valence-corrected chi connectivity index (χ1v) is 6.91. The summed E-state index contributed by atoms with van der Waals surface area (Å²) in [4.78, 5) is 0. The molecule has 0 aliphatic carbocycles. The Morgan fingerprint density at radius 2 is 1.84 bits per heavy atom. The van der Waals surface area contributed by atoms with Crippen molar-refractivity contribution in [1.82, 2.24) is 0 Å². The molecule has 2 rings (SSSR count). The highest BCUT2D eigenvalue weighted by Crippen LogP contribution is 2.33. The Morgan fingerprint density at radius 1 is 1.11 bits per heavy atom. The third-order valence-corrected chi connectivity index (χ3v) is 3.66. The molecule has 2 nitrogen and oxygen atoms in total. The smallest absolute Gasteiger partial charge is 0.201 e. The SMILES string of the molecule is NCc1c(Br)cccc1Oc1cc(Br)cc(F)c1F. The molecule has 0 saturated carbocycles. The van der Waals surface area contributed by atoms with Crippen LogP contribution in [0.5, 0.6) is 11.5 Å². The van der Waals surface area contributed by atoms with E-state index in [0.717, 1.165) is 10.5 Å². The van der Waals surface area contributed by atoms with E-state index in [1.165, 1.54) is 6.07 Å². The third kappa shape index (κ3) is 3.13. The molecule has 0 aromatic heterocycles. The lowest BCUT2D eigenvalue weighted by Gasteiger charge is -2.12. The van der Waals surface area contributed by atoms with Crippen molar-refractivity contribution in [2.24, 2.45) is 5.73 Å². The van der Waals surface area contributed by atoms with Crippen molar-refractivity contribution in [2.45, 2.75) is 6.54 Å². The fourth-order valence-corrected chi connectivity index (χ4v) is 2.48. The lowest BCUT2D eigenvalue weighted by atomic mass is 10.2. The molecule has 0 atom stereocenters. The minimum absolute atomic E-state index is 0.195. The molecule has 0 amide bonds. The average Bonchev–Trinajstić information content (AvgIpc) is 2.35. The zero-order chi connectivity index (χ0) is 14.0. The van der Waals surface area contributed by atoms with Crippen molar-refractivity contribution in [1.29, 1.82) is 0 Å². The van der Waals surface area contributed by atoms with Gasteiger partial charge in [0.05, 0.1) is 0 Å². The molecule has 2 N–H and O–H groups in total. The summed E-state index contributed by atoms with van der Waals surface area (Å²) in [5.41, 5.74) is 6.30. The van der Waals surface area contributed by atoms with Gasteiger partial charge in [0.2, 0.25) is 5.82 Å². The maximum Gasteiger partial charge on any atom is 0.201 e. The van der Waals surface area contributed by atoms with Crippen molar-refractivity contribution < 1.29 is 13.5 Å². The van der Waals surface area contributed by atoms with Gasteiger partial charge >= 0.3 is 0 Å². The number of halogens is 4. The van der Waals surface area contributed by atoms with E-state index >= 15 is 0 Å². The van der Waals surface area contributed by atoms with Crippen LogP contribution in [-0.4, -0.2) is 0 Å². The normalized spacial score (nSPS) is 10.6. The van der Waals surface area contributed by atoms with E-state index in [1.54, 1.807) is 18.2 Å². The minimum Gasteiger partial charge on any atom is -0.454 e. The van der Waals surface area contributed by atoms with Crippen molar-refractivity contribution >= 4 is 31.9 Å². The molecule has 0 bridgehead atoms. The lowest BCUT2D eigenvalue weighted by molar-refractivity contribution is 0.412. The number of hydrogen-bond acceptors (Lipinski definition) is 2. The monoisotopic (exact) mass is 391 g/mol. The predicted octanol–water partition coefficient (Wildman–Crippen LogP) is 4.74. The molecule has 6 heteroatoms. The van der Waals surface area contributed by atoms with E-state index in [1.807, 2.05) is 0 Å². The van der Waals surface area contributed by atoms with Gasteiger partial charge < -0.3 is 10.5 Å². The fraction of sp³-hybridized carbons (Fsp3) is 0.0769. The maximum absolute atomic E-state index is 13.6. The van der Waals surface area contributed by atoms with Crippen molar-refractivity contribution in [3.63, 3.8) is 0 Å². The molecule has 100 valence electrons. The molecule has 19 heavy (non-hydrogen) atoms. The molecule has 0 spiro atoms. The third-order valence-electron chi connectivity index (χ3n) is 2.46. The van der Waals surface area contributed by atoms with Gasteiger partial charge in [-0.25, -0.2) is 4.39 Å². The lowest BCUT2D eigenvalue weighted by Crippen LogP contribution is -2.01. The summed E-state index contributed by atoms with van der Waals surface area (Å²) in [5.74, 6) is -1.83. The van der Waals surface area contributed by atoms with Crippen molar-refractivity contribution in [3.05, 3.63) is 56.5 Å². The first-order chi connectivity index (χ1) is 9.02. The van der Waals surface area contributed by atoms with E-state index in [9.17, 15) is 8.78 Å². The maximum atomic E-state index is 13.6. The quantitative estimate of drug-likeness (QED) is 0.765. The van der Waals surface area contributed by atoms with Gasteiger partial charge in [0, 0.05) is 21.1 Å². The average molecular weight is 393 g/mol. The predicted molar refractivity (Wildman–Crippen MR) is 76.2 cm³/mol. The Labute approximate surface area is 125 Å². The first kappa shape index (κ1) is 14.4. The molecule has 0 aliphatic rings. The second-order valence-electron chi connectivity index (χ2n) is 3.72. The van der Waals surface area contributed by atoms with Crippen LogP contribution in [-0.2, 0) is 6.54 Å². The number of ether oxygens (including phenoxy) is 1. The highest BCUT2D eigenvalue weighted by Gasteiger charge is 2.14. The molecule has 0 saturated heterocycles. The van der Waals surface area contributed by atoms with Crippen LogP contribution in [0, 0.1) is 11.6 Å². The summed E-state index contributed by atoms with van der Waals surface area (Å²) in [6.07, 6.45) is 0. The highest BCUT2D eigenvalue weighted by molar-refractivity contribution is 9.10. The van der Waals surface area contributed by atoms with Gasteiger partial charge in [0.1, 0.15) is 5.75 Å². The highest BCUT2D eigenvalue weighted by atomic mass is 79.9. The fourth-order valence-electron chi connectivity index (χ4n) is 1.56. The van der Waals surface area contributed by atoms with Crippen LogP contribution in [0.15, 0.2) is 39.3 Å². The van der Waals surface area contributed by atoms with Crippen LogP contribution in [0.4, 0.5) is 8.78 Å². The number of rotatable bonds is 3. The molecule has 0 aliphatic heterocycles. The Balaban J connectivity index is 2.45. The van der Waals surface area contributed by atoms with Crippen molar-refractivity contribution in [3.8, 4) is 11.5 Å². The Hall–Kier alpha value is -0.980. The van der Waals surface area contributed by atoms with E-state index < -0.39 is 11.6 Å². The largest absolute Gasteiger partial charge is 0.454 e. The van der Waals surface area contributed by atoms with E-state index in [0.29, 0.717) is 15.8 Å². The first-order valence-electron chi connectivity index (χ1n) is 5.32. The molecule has 0 unspecified atom stereocenters. The zero-order valence-corrected chi connectivity index (χ0v) is 12.8. The van der Waals surface area contributed by atoms with Crippen LogP contribution in [0.1, 0.15) is 5.56 Å². The number of nitrogens with two attached hydrogens (primary N) is 1. The summed E-state index contributed by atoms with van der Waals surface area (Å²) in [6.45, 7) is 0.217. The summed E-state index contributed by atoms with van der Waals surface area (Å²) < 4.78 is 33.5. The van der Waals surface area contributed by atoms with Crippen LogP contribution in [0.3, 0.4) is 0 Å². The van der Waals surface area contributed by atoms with Gasteiger partial charge in [-0.1, -0.05) is 37.9 Å². The topological polar surface area (TPSA) is 35.2 Å². The van der Waals surface area contributed by atoms with Gasteiger partial charge in [-0.2, -0.15) is 4.39 Å². The van der Waals surface area contributed by atoms with Crippen LogP contribution in [0.2, 0.25) is 0 Å². The summed E-state index contributed by atoms with van der Waals surface area (Å²) in [5, 5.41) is 0. The van der Waals surface area contributed by atoms with Gasteiger partial charge in [-0.15, -0.1) is 0 Å². The second-order valence-corrected chi connectivity index (χ2v) is 5.49. The molecule has 0 heterocycles. The van der Waals surface area contributed by atoms with E-state index in [4.69, 9.17) is 10.5 Å². The van der Waals surface area contributed by atoms with E-state index in [-0.39, 0.29) is 12.3 Å². The molecule has 0 radical (unpaired) electrons. The minimum atomic E-state index is -1.04. The van der Waals surface area contributed by atoms with Gasteiger partial charge in [0.15, 0.2) is 11.6 Å². The Morgan fingerprint density at radius 3 is 2.53 bits per heavy atom. The van der Waals surface area contributed by atoms with Gasteiger partial charge in [-0.05, 0) is 24.3 Å². The summed E-state index contributed by atoms with van der Waals surface area (Å²) in [6, 6.07) is 7.56. The molecule has 2 aromatic carbocycles. The zero-order valence-electron chi connectivity index (χ0n) is 9.59. The van der Waals surface area contributed by atoms with E-state index in [2.05, 4.69) is 31.9 Å². The van der Waals surface area contributed by atoms with Crippen LogP contribution in [0.25, 0.3) is 0 Å². The number of benzene rings is 2. The van der Waals surface area contributed by atoms with Crippen molar-refractivity contribution in [2.75, 3.05) is 0 Å². The molecular formula is C13H9Br2F2NO. The standard InChI is InChI=1S/C13H9Br2F2NO/c14-7-4-10(16)13(17)12(5-7)19-11-3-1-2-9(15)8(11)6-18/h1-5H,6,18H2.